The maximum atomic E-state index is 13.9. The normalized spacial score (nSPS) is 13.5. The Labute approximate surface area is 132 Å². The highest BCUT2D eigenvalue weighted by Crippen LogP contribution is 2.26. The fraction of sp³-hybridized carbons (Fsp3) is 0.500. The first-order valence-corrected chi connectivity index (χ1v) is 7.74. The van der Waals surface area contributed by atoms with Crippen LogP contribution in [0.1, 0.15) is 51.2 Å². The Kier molecular flexibility index (Phi) is 7.39. The summed E-state index contributed by atoms with van der Waals surface area (Å²) < 4.78 is 26.2. The molecule has 122 valence electrons. The molecule has 2 N–H and O–H groups in total. The van der Waals surface area contributed by atoms with Crippen molar-refractivity contribution < 1.29 is 8.78 Å². The van der Waals surface area contributed by atoms with Gasteiger partial charge in [0.15, 0.2) is 0 Å². The molecule has 0 atom stereocenters. The van der Waals surface area contributed by atoms with Crippen molar-refractivity contribution in [2.45, 2.75) is 45.7 Å². The molecule has 2 nitrogen and oxygen atoms in total. The van der Waals surface area contributed by atoms with E-state index in [2.05, 4.69) is 4.99 Å². The van der Waals surface area contributed by atoms with E-state index in [1.807, 2.05) is 25.1 Å². The number of alkyl halides is 2. The predicted molar refractivity (Wildman–Crippen MR) is 90.5 cm³/mol. The zero-order chi connectivity index (χ0) is 16.6. The van der Waals surface area contributed by atoms with E-state index in [0.29, 0.717) is 24.9 Å². The Morgan fingerprint density at radius 1 is 1.27 bits per heavy atom. The minimum Gasteiger partial charge on any atom is -0.325 e. The molecule has 0 bridgehead atoms. The summed E-state index contributed by atoms with van der Waals surface area (Å²) in [4.78, 5) is 4.58. The maximum absolute atomic E-state index is 13.9. The van der Waals surface area contributed by atoms with Gasteiger partial charge in [-0.2, -0.15) is 0 Å². The average molecular weight is 308 g/mol. The highest BCUT2D eigenvalue weighted by molar-refractivity contribution is 5.91. The lowest BCUT2D eigenvalue weighted by Gasteiger charge is -2.15. The molecule has 0 saturated carbocycles. The summed E-state index contributed by atoms with van der Waals surface area (Å²) in [5.41, 5.74) is 7.47. The van der Waals surface area contributed by atoms with E-state index in [1.165, 1.54) is 13.8 Å². The average Bonchev–Trinajstić information content (AvgIpc) is 2.49. The Morgan fingerprint density at radius 3 is 2.36 bits per heavy atom. The molecule has 0 heterocycles. The first kappa shape index (κ1) is 18.5. The van der Waals surface area contributed by atoms with Gasteiger partial charge in [0.2, 0.25) is 0 Å². The number of halogens is 2. The van der Waals surface area contributed by atoms with E-state index in [0.717, 1.165) is 23.4 Å². The van der Waals surface area contributed by atoms with Crippen LogP contribution in [-0.4, -0.2) is 18.9 Å². The summed E-state index contributed by atoms with van der Waals surface area (Å²) in [5.74, 6) is 0. The molecule has 22 heavy (non-hydrogen) atoms. The van der Waals surface area contributed by atoms with Gasteiger partial charge < -0.3 is 5.73 Å². The standard InChI is InChI=1S/C18H26F2N2/c1-4-6-17(22-16(13-21)7-5-12-19)14-8-10-15(11-9-14)18(2,3)20/h6,8-11H,4-5,7,12-13,21H2,1-3H3/b17-6-,22-16-. The molecule has 0 aliphatic rings. The van der Waals surface area contributed by atoms with Crippen LogP contribution in [0.25, 0.3) is 5.70 Å². The van der Waals surface area contributed by atoms with E-state index in [9.17, 15) is 8.78 Å². The van der Waals surface area contributed by atoms with E-state index >= 15 is 0 Å². The Morgan fingerprint density at radius 2 is 1.91 bits per heavy atom. The van der Waals surface area contributed by atoms with Gasteiger partial charge in [0.05, 0.1) is 12.4 Å². The van der Waals surface area contributed by atoms with E-state index < -0.39 is 5.67 Å². The molecular weight excluding hydrogens is 282 g/mol. The van der Waals surface area contributed by atoms with Crippen molar-refractivity contribution in [1.82, 2.24) is 0 Å². The van der Waals surface area contributed by atoms with E-state index in [4.69, 9.17) is 5.73 Å². The van der Waals surface area contributed by atoms with Crippen LogP contribution in [0, 0.1) is 0 Å². The molecule has 0 aliphatic heterocycles. The van der Waals surface area contributed by atoms with Crippen molar-refractivity contribution in [2.75, 3.05) is 13.2 Å². The van der Waals surface area contributed by atoms with Gasteiger partial charge in [0.25, 0.3) is 0 Å². The minimum absolute atomic E-state index is 0.316. The molecule has 0 aromatic heterocycles. The molecule has 0 amide bonds. The lowest BCUT2D eigenvalue weighted by Crippen LogP contribution is -2.14. The lowest BCUT2D eigenvalue weighted by atomic mass is 9.98. The van der Waals surface area contributed by atoms with E-state index in [1.54, 1.807) is 12.1 Å². The molecule has 1 rings (SSSR count). The molecule has 0 aliphatic carbocycles. The third-order valence-electron chi connectivity index (χ3n) is 3.38. The smallest absolute Gasteiger partial charge is 0.130 e. The van der Waals surface area contributed by atoms with Crippen molar-refractivity contribution in [2.24, 2.45) is 10.7 Å². The summed E-state index contributed by atoms with van der Waals surface area (Å²) in [5, 5.41) is 0. The number of hydrogen-bond donors (Lipinski definition) is 1. The van der Waals surface area contributed by atoms with Crippen LogP contribution in [0.5, 0.6) is 0 Å². The molecule has 0 radical (unpaired) electrons. The molecule has 1 aromatic carbocycles. The number of hydrogen-bond acceptors (Lipinski definition) is 2. The summed E-state index contributed by atoms with van der Waals surface area (Å²) in [6, 6.07) is 7.28. The van der Waals surface area contributed by atoms with Gasteiger partial charge in [-0.05, 0) is 44.2 Å². The quantitative estimate of drug-likeness (QED) is 0.689. The van der Waals surface area contributed by atoms with Crippen molar-refractivity contribution in [1.29, 1.82) is 0 Å². The Balaban J connectivity index is 3.05. The number of aliphatic imine (C=N–C) groups is 1. The number of nitrogens with two attached hydrogens (primary N) is 1. The zero-order valence-electron chi connectivity index (χ0n) is 13.7. The van der Waals surface area contributed by atoms with Gasteiger partial charge in [0.1, 0.15) is 5.67 Å². The highest BCUT2D eigenvalue weighted by atomic mass is 19.1. The van der Waals surface area contributed by atoms with E-state index in [-0.39, 0.29) is 6.67 Å². The van der Waals surface area contributed by atoms with Gasteiger partial charge in [-0.1, -0.05) is 37.3 Å². The van der Waals surface area contributed by atoms with Crippen LogP contribution in [0.4, 0.5) is 8.78 Å². The number of allylic oxidation sites excluding steroid dienone is 1. The fourth-order valence-electron chi connectivity index (χ4n) is 2.10. The second-order valence-corrected chi connectivity index (χ2v) is 5.72. The Bertz CT molecular complexity index is 511. The third kappa shape index (κ3) is 5.68. The predicted octanol–water partition coefficient (Wildman–Crippen LogP) is 4.79. The van der Waals surface area contributed by atoms with Gasteiger partial charge in [-0.25, -0.2) is 4.39 Å². The molecular formula is C18H26F2N2. The summed E-state index contributed by atoms with van der Waals surface area (Å²) in [7, 11) is 0. The van der Waals surface area contributed by atoms with Gasteiger partial charge >= 0.3 is 0 Å². The first-order valence-electron chi connectivity index (χ1n) is 7.74. The van der Waals surface area contributed by atoms with Crippen LogP contribution < -0.4 is 5.73 Å². The topological polar surface area (TPSA) is 38.4 Å². The second-order valence-electron chi connectivity index (χ2n) is 5.72. The van der Waals surface area contributed by atoms with Gasteiger partial charge in [0, 0.05) is 12.3 Å². The molecule has 0 saturated heterocycles. The fourth-order valence-corrected chi connectivity index (χ4v) is 2.10. The second kappa shape index (κ2) is 8.79. The van der Waals surface area contributed by atoms with Crippen LogP contribution >= 0.6 is 0 Å². The van der Waals surface area contributed by atoms with Gasteiger partial charge in [-0.3, -0.25) is 9.38 Å². The van der Waals surface area contributed by atoms with Crippen molar-refractivity contribution in [3.8, 4) is 0 Å². The van der Waals surface area contributed by atoms with Crippen LogP contribution in [0.15, 0.2) is 35.3 Å². The maximum Gasteiger partial charge on any atom is 0.130 e. The summed E-state index contributed by atoms with van der Waals surface area (Å²) in [6.07, 6.45) is 3.82. The minimum atomic E-state index is -1.36. The number of nitrogens with zero attached hydrogens (tertiary/aromatic N) is 1. The van der Waals surface area contributed by atoms with Gasteiger partial charge in [-0.15, -0.1) is 0 Å². The number of benzene rings is 1. The number of rotatable bonds is 8. The van der Waals surface area contributed by atoms with Crippen LogP contribution in [0.2, 0.25) is 0 Å². The SMILES string of the molecule is CC/C=C(\N=C(/CN)CCCF)c1ccc(C(C)(C)F)cc1. The van der Waals surface area contributed by atoms with Crippen molar-refractivity contribution in [3.63, 3.8) is 0 Å². The summed E-state index contributed by atoms with van der Waals surface area (Å²) in [6.45, 7) is 5.04. The first-order chi connectivity index (χ1) is 10.4. The molecule has 4 heteroatoms. The summed E-state index contributed by atoms with van der Waals surface area (Å²) >= 11 is 0. The lowest BCUT2D eigenvalue weighted by molar-refractivity contribution is 0.221. The van der Waals surface area contributed by atoms with Crippen LogP contribution in [-0.2, 0) is 5.67 Å². The van der Waals surface area contributed by atoms with Crippen LogP contribution in [0.3, 0.4) is 0 Å². The monoisotopic (exact) mass is 308 g/mol. The molecule has 0 unspecified atom stereocenters. The molecule has 0 fully saturated rings. The van der Waals surface area contributed by atoms with Crippen molar-refractivity contribution in [3.05, 3.63) is 41.5 Å². The molecule has 0 spiro atoms. The molecule has 1 aromatic rings. The van der Waals surface area contributed by atoms with Crippen molar-refractivity contribution >= 4 is 11.4 Å². The Hall–Kier alpha value is -1.55. The zero-order valence-corrected chi connectivity index (χ0v) is 13.7. The third-order valence-corrected chi connectivity index (χ3v) is 3.38. The highest BCUT2D eigenvalue weighted by Gasteiger charge is 2.18. The largest absolute Gasteiger partial charge is 0.325 e.